The minimum Gasteiger partial charge on any atom is -0.383 e. The van der Waals surface area contributed by atoms with Crippen molar-refractivity contribution < 1.29 is 4.74 Å². The fourth-order valence-corrected chi connectivity index (χ4v) is 1.42. The first-order valence-corrected chi connectivity index (χ1v) is 5.68. The van der Waals surface area contributed by atoms with E-state index in [0.29, 0.717) is 6.61 Å². The minimum absolute atomic E-state index is 0.694. The van der Waals surface area contributed by atoms with Gasteiger partial charge in [-0.25, -0.2) is 4.98 Å². The van der Waals surface area contributed by atoms with Gasteiger partial charge in [0.2, 0.25) is 0 Å². The van der Waals surface area contributed by atoms with Gasteiger partial charge in [-0.15, -0.1) is 0 Å². The second-order valence-corrected chi connectivity index (χ2v) is 3.64. The molecule has 90 valence electrons. The Morgan fingerprint density at radius 2 is 2.19 bits per heavy atom. The highest BCUT2D eigenvalue weighted by atomic mass is 16.5. The number of ether oxygens (including phenoxy) is 1. The Bertz CT molecular complexity index is 315. The summed E-state index contributed by atoms with van der Waals surface area (Å²) in [6, 6.07) is 4.12. The molecule has 0 amide bonds. The van der Waals surface area contributed by atoms with Gasteiger partial charge in [0.05, 0.1) is 6.61 Å². The average molecular weight is 223 g/mol. The SMILES string of the molecule is CCNCc1ccc(NCCOC)nc1C. The molecule has 0 aliphatic rings. The van der Waals surface area contributed by atoms with Crippen LogP contribution in [0.4, 0.5) is 5.82 Å². The van der Waals surface area contributed by atoms with Crippen LogP contribution in [0.5, 0.6) is 0 Å². The van der Waals surface area contributed by atoms with Crippen molar-refractivity contribution >= 4 is 5.82 Å². The van der Waals surface area contributed by atoms with E-state index in [1.165, 1.54) is 5.56 Å². The Labute approximate surface area is 97.4 Å². The maximum Gasteiger partial charge on any atom is 0.126 e. The van der Waals surface area contributed by atoms with Crippen LogP contribution >= 0.6 is 0 Å². The summed E-state index contributed by atoms with van der Waals surface area (Å²) < 4.78 is 4.97. The van der Waals surface area contributed by atoms with Gasteiger partial charge in [0.15, 0.2) is 0 Å². The first-order chi connectivity index (χ1) is 7.77. The molecule has 0 radical (unpaired) electrons. The molecule has 0 fully saturated rings. The van der Waals surface area contributed by atoms with Crippen LogP contribution in [0.1, 0.15) is 18.2 Å². The Morgan fingerprint density at radius 3 is 2.81 bits per heavy atom. The second-order valence-electron chi connectivity index (χ2n) is 3.64. The Morgan fingerprint density at radius 1 is 1.38 bits per heavy atom. The lowest BCUT2D eigenvalue weighted by Crippen LogP contribution is -2.14. The third kappa shape index (κ3) is 4.16. The zero-order valence-electron chi connectivity index (χ0n) is 10.3. The van der Waals surface area contributed by atoms with Crippen molar-refractivity contribution in [1.82, 2.24) is 10.3 Å². The van der Waals surface area contributed by atoms with Crippen LogP contribution in [-0.2, 0) is 11.3 Å². The molecule has 0 aromatic carbocycles. The summed E-state index contributed by atoms with van der Waals surface area (Å²) in [5.41, 5.74) is 2.32. The van der Waals surface area contributed by atoms with E-state index in [2.05, 4.69) is 28.6 Å². The van der Waals surface area contributed by atoms with Crippen LogP contribution in [0.15, 0.2) is 12.1 Å². The molecule has 4 nitrogen and oxygen atoms in total. The highest BCUT2D eigenvalue weighted by molar-refractivity contribution is 5.38. The van der Waals surface area contributed by atoms with Crippen LogP contribution in [0.2, 0.25) is 0 Å². The van der Waals surface area contributed by atoms with Gasteiger partial charge in [-0.3, -0.25) is 0 Å². The third-order valence-corrected chi connectivity index (χ3v) is 2.37. The van der Waals surface area contributed by atoms with Crippen LogP contribution in [0.25, 0.3) is 0 Å². The van der Waals surface area contributed by atoms with Crippen LogP contribution in [0, 0.1) is 6.92 Å². The van der Waals surface area contributed by atoms with E-state index in [1.807, 2.05) is 13.0 Å². The number of rotatable bonds is 7. The molecular weight excluding hydrogens is 202 g/mol. The molecule has 1 aromatic heterocycles. The van der Waals surface area contributed by atoms with E-state index >= 15 is 0 Å². The number of methoxy groups -OCH3 is 1. The molecule has 0 aliphatic heterocycles. The number of anilines is 1. The summed E-state index contributed by atoms with van der Waals surface area (Å²) >= 11 is 0. The van der Waals surface area contributed by atoms with Crippen LogP contribution in [-0.4, -0.2) is 31.8 Å². The van der Waals surface area contributed by atoms with Gasteiger partial charge < -0.3 is 15.4 Å². The molecule has 16 heavy (non-hydrogen) atoms. The summed E-state index contributed by atoms with van der Waals surface area (Å²) in [6.07, 6.45) is 0. The largest absolute Gasteiger partial charge is 0.383 e. The fraction of sp³-hybridized carbons (Fsp3) is 0.583. The molecule has 0 spiro atoms. The molecule has 0 saturated carbocycles. The lowest BCUT2D eigenvalue weighted by atomic mass is 10.2. The topological polar surface area (TPSA) is 46.2 Å². The number of aromatic nitrogens is 1. The van der Waals surface area contributed by atoms with Crippen molar-refractivity contribution in [2.24, 2.45) is 0 Å². The Balaban J connectivity index is 2.53. The van der Waals surface area contributed by atoms with E-state index in [9.17, 15) is 0 Å². The molecule has 0 saturated heterocycles. The first-order valence-electron chi connectivity index (χ1n) is 5.68. The van der Waals surface area contributed by atoms with E-state index in [-0.39, 0.29) is 0 Å². The molecule has 0 atom stereocenters. The number of nitrogens with zero attached hydrogens (tertiary/aromatic N) is 1. The molecule has 2 N–H and O–H groups in total. The zero-order chi connectivity index (χ0) is 11.8. The van der Waals surface area contributed by atoms with Gasteiger partial charge in [0, 0.05) is 25.9 Å². The minimum atomic E-state index is 0.694. The first kappa shape index (κ1) is 12.9. The lowest BCUT2D eigenvalue weighted by Gasteiger charge is -2.09. The monoisotopic (exact) mass is 223 g/mol. The normalized spacial score (nSPS) is 10.4. The van der Waals surface area contributed by atoms with Gasteiger partial charge in [-0.1, -0.05) is 13.0 Å². The number of hydrogen-bond donors (Lipinski definition) is 2. The van der Waals surface area contributed by atoms with Crippen LogP contribution in [0.3, 0.4) is 0 Å². The smallest absolute Gasteiger partial charge is 0.126 e. The number of pyridine rings is 1. The Hall–Kier alpha value is -1.13. The summed E-state index contributed by atoms with van der Waals surface area (Å²) in [4.78, 5) is 4.49. The number of nitrogens with one attached hydrogen (secondary N) is 2. The highest BCUT2D eigenvalue weighted by Crippen LogP contribution is 2.10. The van der Waals surface area contributed by atoms with Crippen molar-refractivity contribution in [2.45, 2.75) is 20.4 Å². The zero-order valence-corrected chi connectivity index (χ0v) is 10.3. The molecule has 0 aliphatic carbocycles. The van der Waals surface area contributed by atoms with E-state index < -0.39 is 0 Å². The maximum atomic E-state index is 4.97. The fourth-order valence-electron chi connectivity index (χ4n) is 1.42. The standard InChI is InChI=1S/C12H21N3O/c1-4-13-9-11-5-6-12(15-10(11)2)14-7-8-16-3/h5-6,13H,4,7-9H2,1-3H3,(H,14,15). The molecule has 1 rings (SSSR count). The van der Waals surface area contributed by atoms with E-state index in [0.717, 1.165) is 31.1 Å². The maximum absolute atomic E-state index is 4.97. The van der Waals surface area contributed by atoms with E-state index in [4.69, 9.17) is 4.74 Å². The van der Waals surface area contributed by atoms with Gasteiger partial charge in [-0.05, 0) is 25.1 Å². The van der Waals surface area contributed by atoms with Crippen molar-refractivity contribution in [3.63, 3.8) is 0 Å². The lowest BCUT2D eigenvalue weighted by molar-refractivity contribution is 0.210. The van der Waals surface area contributed by atoms with Gasteiger partial charge in [-0.2, -0.15) is 0 Å². The molecule has 0 bridgehead atoms. The quantitative estimate of drug-likeness (QED) is 0.689. The third-order valence-electron chi connectivity index (χ3n) is 2.37. The average Bonchev–Trinajstić information content (AvgIpc) is 2.28. The summed E-state index contributed by atoms with van der Waals surface area (Å²) in [5, 5.41) is 6.51. The number of aryl methyl sites for hydroxylation is 1. The predicted octanol–water partition coefficient (Wildman–Crippen LogP) is 1.56. The van der Waals surface area contributed by atoms with Crippen molar-refractivity contribution in [3.8, 4) is 0 Å². The van der Waals surface area contributed by atoms with Crippen molar-refractivity contribution in [1.29, 1.82) is 0 Å². The summed E-state index contributed by atoms with van der Waals surface area (Å²) in [6.45, 7) is 7.48. The Kier molecular flexibility index (Phi) is 5.82. The van der Waals surface area contributed by atoms with Crippen LogP contribution < -0.4 is 10.6 Å². The molecule has 4 heteroatoms. The summed E-state index contributed by atoms with van der Waals surface area (Å²) in [5.74, 6) is 0.912. The van der Waals surface area contributed by atoms with Gasteiger partial charge in [0.25, 0.3) is 0 Å². The second kappa shape index (κ2) is 7.19. The molecule has 1 heterocycles. The van der Waals surface area contributed by atoms with Crippen molar-refractivity contribution in [2.75, 3.05) is 32.1 Å². The van der Waals surface area contributed by atoms with Crippen molar-refractivity contribution in [3.05, 3.63) is 23.4 Å². The summed E-state index contributed by atoms with van der Waals surface area (Å²) in [7, 11) is 1.69. The molecule has 1 aromatic rings. The predicted molar refractivity (Wildman–Crippen MR) is 66.7 cm³/mol. The van der Waals surface area contributed by atoms with Gasteiger partial charge in [0.1, 0.15) is 5.82 Å². The number of hydrogen-bond acceptors (Lipinski definition) is 4. The molecule has 0 unspecified atom stereocenters. The van der Waals surface area contributed by atoms with Gasteiger partial charge >= 0.3 is 0 Å². The van der Waals surface area contributed by atoms with E-state index in [1.54, 1.807) is 7.11 Å². The highest BCUT2D eigenvalue weighted by Gasteiger charge is 2.00. The molecular formula is C12H21N3O.